The first-order valence-corrected chi connectivity index (χ1v) is 11.8. The van der Waals surface area contributed by atoms with Crippen molar-refractivity contribution >= 4 is 39.1 Å². The van der Waals surface area contributed by atoms with Crippen molar-refractivity contribution in [3.63, 3.8) is 0 Å². The molecule has 1 aliphatic heterocycles. The highest BCUT2D eigenvalue weighted by atomic mass is 79.9. The van der Waals surface area contributed by atoms with E-state index < -0.39 is 0 Å². The number of piperazine rings is 1. The first-order valence-electron chi connectivity index (χ1n) is 10.2. The Morgan fingerprint density at radius 2 is 1.87 bits per heavy atom. The smallest absolute Gasteiger partial charge is 0.175 e. The van der Waals surface area contributed by atoms with Crippen LogP contribution in [-0.4, -0.2) is 50.8 Å². The Morgan fingerprint density at radius 3 is 2.60 bits per heavy atom. The predicted molar refractivity (Wildman–Crippen MR) is 127 cm³/mol. The minimum Gasteiger partial charge on any atom is -0.490 e. The van der Waals surface area contributed by atoms with Crippen molar-refractivity contribution in [2.75, 3.05) is 45.9 Å². The molecule has 1 saturated heterocycles. The van der Waals surface area contributed by atoms with Crippen LogP contribution in [0.4, 0.5) is 0 Å². The summed E-state index contributed by atoms with van der Waals surface area (Å²) in [6, 6.07) is 9.60. The number of halogens is 3. The molecule has 0 bridgehead atoms. The summed E-state index contributed by atoms with van der Waals surface area (Å²) in [4.78, 5) is 2.48. The molecule has 0 atom stereocenters. The summed E-state index contributed by atoms with van der Waals surface area (Å²) in [5, 5.41) is 7.96. The van der Waals surface area contributed by atoms with E-state index in [2.05, 4.69) is 37.5 Å². The van der Waals surface area contributed by atoms with Crippen LogP contribution in [0.3, 0.4) is 0 Å². The molecule has 2 N–H and O–H groups in total. The zero-order valence-electron chi connectivity index (χ0n) is 17.1. The molecular weight excluding hydrogens is 489 g/mol. The monoisotopic (exact) mass is 515 g/mol. The molecule has 5 nitrogen and oxygen atoms in total. The fraction of sp³-hybridized carbons (Fsp3) is 0.455. The molecule has 8 heteroatoms. The lowest BCUT2D eigenvalue weighted by atomic mass is 10.2. The van der Waals surface area contributed by atoms with Gasteiger partial charge in [-0.3, -0.25) is 4.90 Å². The van der Waals surface area contributed by atoms with Crippen molar-refractivity contribution in [1.29, 1.82) is 0 Å². The minimum atomic E-state index is 0.373. The van der Waals surface area contributed by atoms with Crippen LogP contribution in [0.2, 0.25) is 10.0 Å². The highest BCUT2D eigenvalue weighted by Gasteiger charge is 2.14. The van der Waals surface area contributed by atoms with Crippen molar-refractivity contribution in [2.45, 2.75) is 20.1 Å². The summed E-state index contributed by atoms with van der Waals surface area (Å²) in [5.41, 5.74) is 2.09. The maximum absolute atomic E-state index is 6.10. The Bertz CT molecular complexity index is 832. The first-order chi connectivity index (χ1) is 14.6. The summed E-state index contributed by atoms with van der Waals surface area (Å²) in [5.74, 6) is 1.42. The maximum Gasteiger partial charge on any atom is 0.175 e. The van der Waals surface area contributed by atoms with Gasteiger partial charge < -0.3 is 20.1 Å². The van der Waals surface area contributed by atoms with Crippen LogP contribution in [-0.2, 0) is 13.2 Å². The van der Waals surface area contributed by atoms with Gasteiger partial charge in [0.05, 0.1) is 21.1 Å². The number of nitrogens with one attached hydrogen (secondary N) is 2. The lowest BCUT2D eigenvalue weighted by molar-refractivity contribution is 0.241. The molecule has 30 heavy (non-hydrogen) atoms. The molecule has 0 aromatic heterocycles. The van der Waals surface area contributed by atoms with E-state index in [4.69, 9.17) is 32.7 Å². The number of nitrogens with zero attached hydrogens (tertiary/aromatic N) is 1. The molecule has 0 unspecified atom stereocenters. The zero-order chi connectivity index (χ0) is 21.3. The first kappa shape index (κ1) is 23.6. The van der Waals surface area contributed by atoms with Crippen LogP contribution in [0, 0.1) is 0 Å². The lowest BCUT2D eigenvalue weighted by Crippen LogP contribution is -2.45. The Labute approximate surface area is 197 Å². The third-order valence-electron chi connectivity index (χ3n) is 4.88. The molecule has 0 spiro atoms. The van der Waals surface area contributed by atoms with Crippen LogP contribution in [0.15, 0.2) is 34.8 Å². The highest BCUT2D eigenvalue weighted by molar-refractivity contribution is 9.10. The van der Waals surface area contributed by atoms with Gasteiger partial charge in [0, 0.05) is 45.8 Å². The average Bonchev–Trinajstić information content (AvgIpc) is 2.74. The molecule has 164 valence electrons. The van der Waals surface area contributed by atoms with E-state index in [-0.39, 0.29) is 0 Å². The number of rotatable bonds is 10. The van der Waals surface area contributed by atoms with Gasteiger partial charge in [0.1, 0.15) is 6.61 Å². The van der Waals surface area contributed by atoms with Gasteiger partial charge in [-0.25, -0.2) is 0 Å². The Morgan fingerprint density at radius 1 is 1.07 bits per heavy atom. The van der Waals surface area contributed by atoms with Gasteiger partial charge in [-0.2, -0.15) is 0 Å². The van der Waals surface area contributed by atoms with Gasteiger partial charge in [-0.05, 0) is 58.2 Å². The van der Waals surface area contributed by atoms with Crippen LogP contribution < -0.4 is 20.1 Å². The van der Waals surface area contributed by atoms with Crippen LogP contribution in [0.1, 0.15) is 18.1 Å². The summed E-state index contributed by atoms with van der Waals surface area (Å²) in [6.07, 6.45) is 0. The molecule has 1 fully saturated rings. The van der Waals surface area contributed by atoms with Gasteiger partial charge >= 0.3 is 0 Å². The van der Waals surface area contributed by atoms with Gasteiger partial charge in [-0.1, -0.05) is 29.3 Å². The van der Waals surface area contributed by atoms with Crippen molar-refractivity contribution in [1.82, 2.24) is 15.5 Å². The second kappa shape index (κ2) is 12.1. The number of hydrogen-bond donors (Lipinski definition) is 2. The summed E-state index contributed by atoms with van der Waals surface area (Å²) in [7, 11) is 0. The normalized spacial score (nSPS) is 14.7. The fourth-order valence-corrected chi connectivity index (χ4v) is 4.24. The van der Waals surface area contributed by atoms with Gasteiger partial charge in [0.25, 0.3) is 0 Å². The maximum atomic E-state index is 6.10. The molecule has 3 rings (SSSR count). The van der Waals surface area contributed by atoms with Gasteiger partial charge in [0.15, 0.2) is 11.5 Å². The van der Waals surface area contributed by atoms with Crippen LogP contribution in [0.25, 0.3) is 0 Å². The molecule has 2 aromatic carbocycles. The topological polar surface area (TPSA) is 45.8 Å². The quantitative estimate of drug-likeness (QED) is 0.447. The van der Waals surface area contributed by atoms with E-state index in [1.54, 1.807) is 6.07 Å². The number of hydrogen-bond acceptors (Lipinski definition) is 5. The van der Waals surface area contributed by atoms with Crippen molar-refractivity contribution in [2.24, 2.45) is 0 Å². The highest BCUT2D eigenvalue weighted by Crippen LogP contribution is 2.37. The third kappa shape index (κ3) is 7.01. The standard InChI is InChI=1S/C22H28BrCl2N3O2/c1-2-29-21-13-17(14-27-7-10-28-8-5-26-6-9-28)11-18(23)22(21)30-15-16-3-4-19(24)20(25)12-16/h3-4,11-13,26-27H,2,5-10,14-15H2,1H3. The predicted octanol–water partition coefficient (Wildman–Crippen LogP) is 4.73. The van der Waals surface area contributed by atoms with E-state index in [0.717, 1.165) is 67.2 Å². The summed E-state index contributed by atoms with van der Waals surface area (Å²) in [6.45, 7) is 10.1. The van der Waals surface area contributed by atoms with E-state index in [1.807, 2.05) is 25.1 Å². The minimum absolute atomic E-state index is 0.373. The van der Waals surface area contributed by atoms with Gasteiger partial charge in [-0.15, -0.1) is 0 Å². The molecule has 2 aromatic rings. The van der Waals surface area contributed by atoms with E-state index >= 15 is 0 Å². The van der Waals surface area contributed by atoms with Gasteiger partial charge in [0.2, 0.25) is 0 Å². The molecule has 1 heterocycles. The molecule has 0 radical (unpaired) electrons. The Hall–Kier alpha value is -1.02. The van der Waals surface area contributed by atoms with E-state index in [0.29, 0.717) is 29.0 Å². The summed E-state index contributed by atoms with van der Waals surface area (Å²) < 4.78 is 12.8. The van der Waals surface area contributed by atoms with E-state index in [9.17, 15) is 0 Å². The Kier molecular flexibility index (Phi) is 9.56. The van der Waals surface area contributed by atoms with Crippen molar-refractivity contribution in [3.05, 3.63) is 56.0 Å². The SMILES string of the molecule is CCOc1cc(CNCCN2CCNCC2)cc(Br)c1OCc1ccc(Cl)c(Cl)c1. The van der Waals surface area contributed by atoms with E-state index in [1.165, 1.54) is 0 Å². The number of benzene rings is 2. The molecule has 1 aliphatic rings. The largest absolute Gasteiger partial charge is 0.490 e. The second-order valence-electron chi connectivity index (χ2n) is 7.14. The molecule has 0 amide bonds. The Balaban J connectivity index is 1.59. The number of ether oxygens (including phenoxy) is 2. The lowest BCUT2D eigenvalue weighted by Gasteiger charge is -2.27. The molecule has 0 saturated carbocycles. The van der Waals surface area contributed by atoms with Crippen molar-refractivity contribution < 1.29 is 9.47 Å². The summed E-state index contributed by atoms with van der Waals surface area (Å²) >= 11 is 15.7. The molecule has 0 aliphatic carbocycles. The van der Waals surface area contributed by atoms with Crippen LogP contribution >= 0.6 is 39.1 Å². The van der Waals surface area contributed by atoms with Crippen LogP contribution in [0.5, 0.6) is 11.5 Å². The van der Waals surface area contributed by atoms with Crippen molar-refractivity contribution in [3.8, 4) is 11.5 Å². The third-order valence-corrected chi connectivity index (χ3v) is 6.21. The zero-order valence-corrected chi connectivity index (χ0v) is 20.2. The second-order valence-corrected chi connectivity index (χ2v) is 8.81. The molecular formula is C22H28BrCl2N3O2. The fourth-order valence-electron chi connectivity index (χ4n) is 3.32. The average molecular weight is 517 g/mol.